The van der Waals surface area contributed by atoms with E-state index in [1.165, 1.54) is 45.9 Å². The zero-order chi connectivity index (χ0) is 28.9. The molecule has 1 aromatic carbocycles. The lowest BCUT2D eigenvalue weighted by Crippen LogP contribution is -2.43. The fourth-order valence-electron chi connectivity index (χ4n) is 2.75. The summed E-state index contributed by atoms with van der Waals surface area (Å²) in [6.45, 7) is 6.93. The first-order chi connectivity index (χ1) is 17.7. The van der Waals surface area contributed by atoms with Crippen molar-refractivity contribution in [1.29, 1.82) is 0 Å². The van der Waals surface area contributed by atoms with Gasteiger partial charge in [-0.1, -0.05) is 32.9 Å². The predicted molar refractivity (Wildman–Crippen MR) is 133 cm³/mol. The van der Waals surface area contributed by atoms with Crippen LogP contribution in [0.1, 0.15) is 57.8 Å². The van der Waals surface area contributed by atoms with Crippen molar-refractivity contribution < 1.29 is 55.8 Å². The molecule has 1 rings (SSSR count). The average molecular weight is 562 g/mol. The third kappa shape index (κ3) is 11.4. The average Bonchev–Trinajstić information content (AvgIpc) is 2.85. The van der Waals surface area contributed by atoms with E-state index in [2.05, 4.69) is 5.32 Å². The summed E-state index contributed by atoms with van der Waals surface area (Å²) in [4.78, 5) is 47.6. The van der Waals surface area contributed by atoms with Crippen molar-refractivity contribution in [3.05, 3.63) is 29.8 Å². The molecule has 214 valence electrons. The fraction of sp³-hybridized carbons (Fsp3) is 0.583. The standard InChI is InChI=1S/C24H35NO12S/c1-6-19(37-23(30)35-18-12-9-8-11-17(18)21(28)33-7-2)36-22(29)20(27)24(4,5)15-34-38(31,32)14-10-13-25-16(3)26/h8-9,11-12,19-20,27H,6-7,10,13-15H2,1-5H3,(H,25,26)/t19?,20-/m0/s1. The van der Waals surface area contributed by atoms with Gasteiger partial charge in [0.1, 0.15) is 11.3 Å². The number of nitrogens with one attached hydrogen (secondary N) is 1. The zero-order valence-electron chi connectivity index (χ0n) is 22.1. The molecule has 0 aromatic heterocycles. The van der Waals surface area contributed by atoms with Gasteiger partial charge in [0.2, 0.25) is 5.91 Å². The minimum absolute atomic E-state index is 0.00725. The van der Waals surface area contributed by atoms with Gasteiger partial charge in [0, 0.05) is 25.3 Å². The fourth-order valence-corrected chi connectivity index (χ4v) is 3.85. The second-order valence-corrected chi connectivity index (χ2v) is 10.5. The summed E-state index contributed by atoms with van der Waals surface area (Å²) >= 11 is 0. The van der Waals surface area contributed by atoms with Crippen molar-refractivity contribution in [3.8, 4) is 5.75 Å². The Labute approximate surface area is 221 Å². The van der Waals surface area contributed by atoms with Gasteiger partial charge < -0.3 is 29.4 Å². The zero-order valence-corrected chi connectivity index (χ0v) is 22.9. The molecule has 0 radical (unpaired) electrons. The molecule has 0 saturated carbocycles. The van der Waals surface area contributed by atoms with Crippen LogP contribution in [0.2, 0.25) is 0 Å². The van der Waals surface area contributed by atoms with Crippen molar-refractivity contribution in [1.82, 2.24) is 5.32 Å². The van der Waals surface area contributed by atoms with Crippen LogP contribution in [0.5, 0.6) is 5.75 Å². The highest BCUT2D eigenvalue weighted by atomic mass is 32.2. The summed E-state index contributed by atoms with van der Waals surface area (Å²) in [5.41, 5.74) is -1.42. The highest BCUT2D eigenvalue weighted by Crippen LogP contribution is 2.25. The number of amides is 1. The first-order valence-corrected chi connectivity index (χ1v) is 13.4. The van der Waals surface area contributed by atoms with E-state index in [0.29, 0.717) is 0 Å². The Morgan fingerprint density at radius 2 is 1.74 bits per heavy atom. The monoisotopic (exact) mass is 561 g/mol. The van der Waals surface area contributed by atoms with E-state index in [9.17, 15) is 32.7 Å². The maximum absolute atomic E-state index is 12.5. The van der Waals surface area contributed by atoms with Gasteiger partial charge in [0.05, 0.1) is 19.0 Å². The smallest absolute Gasteiger partial charge is 0.462 e. The number of aliphatic hydroxyl groups is 1. The van der Waals surface area contributed by atoms with Gasteiger partial charge in [-0.3, -0.25) is 8.98 Å². The Hall–Kier alpha value is -3.23. The SMILES string of the molecule is CCOC(=O)c1ccccc1OC(=O)OC(CC)OC(=O)[C@H](O)C(C)(C)COS(=O)(=O)CCCNC(C)=O. The van der Waals surface area contributed by atoms with Gasteiger partial charge in [-0.05, 0) is 25.5 Å². The number of rotatable bonds is 15. The molecule has 14 heteroatoms. The molecular weight excluding hydrogens is 526 g/mol. The van der Waals surface area contributed by atoms with Crippen LogP contribution < -0.4 is 10.1 Å². The molecule has 0 aliphatic rings. The van der Waals surface area contributed by atoms with Gasteiger partial charge in [-0.25, -0.2) is 14.4 Å². The van der Waals surface area contributed by atoms with Gasteiger partial charge in [-0.2, -0.15) is 8.42 Å². The molecule has 2 atom stereocenters. The Bertz CT molecular complexity index is 1070. The Morgan fingerprint density at radius 3 is 2.34 bits per heavy atom. The minimum Gasteiger partial charge on any atom is -0.462 e. The van der Waals surface area contributed by atoms with Gasteiger partial charge in [0.25, 0.3) is 16.4 Å². The summed E-state index contributed by atoms with van der Waals surface area (Å²) in [6, 6.07) is 5.81. The van der Waals surface area contributed by atoms with E-state index in [-0.39, 0.29) is 49.0 Å². The number of carbonyl (C=O) groups excluding carboxylic acids is 4. The van der Waals surface area contributed by atoms with Crippen molar-refractivity contribution in [2.24, 2.45) is 5.41 Å². The molecule has 1 unspecified atom stereocenters. The van der Waals surface area contributed by atoms with Crippen LogP contribution in [0.4, 0.5) is 4.79 Å². The van der Waals surface area contributed by atoms with Gasteiger partial charge >= 0.3 is 18.1 Å². The molecule has 0 spiro atoms. The van der Waals surface area contributed by atoms with Crippen molar-refractivity contribution in [3.63, 3.8) is 0 Å². The summed E-state index contributed by atoms with van der Waals surface area (Å²) < 4.78 is 49.1. The van der Waals surface area contributed by atoms with E-state index in [4.69, 9.17) is 23.1 Å². The molecule has 13 nitrogen and oxygen atoms in total. The molecule has 0 bridgehead atoms. The first kappa shape index (κ1) is 32.8. The van der Waals surface area contributed by atoms with Gasteiger partial charge in [-0.15, -0.1) is 0 Å². The van der Waals surface area contributed by atoms with E-state index in [1.54, 1.807) is 13.0 Å². The van der Waals surface area contributed by atoms with Crippen LogP contribution in [0.15, 0.2) is 24.3 Å². The first-order valence-electron chi connectivity index (χ1n) is 11.9. The van der Waals surface area contributed by atoms with E-state index in [0.717, 1.165) is 0 Å². The molecule has 1 aromatic rings. The van der Waals surface area contributed by atoms with Crippen LogP contribution in [0.3, 0.4) is 0 Å². The number of benzene rings is 1. The highest BCUT2D eigenvalue weighted by Gasteiger charge is 2.38. The minimum atomic E-state index is -3.99. The molecule has 0 heterocycles. The summed E-state index contributed by atoms with van der Waals surface area (Å²) in [5.74, 6) is -2.70. The Kier molecular flexibility index (Phi) is 13.2. The summed E-state index contributed by atoms with van der Waals surface area (Å²) in [7, 11) is -3.99. The van der Waals surface area contributed by atoms with Crippen LogP contribution in [0, 0.1) is 5.41 Å². The van der Waals surface area contributed by atoms with Gasteiger partial charge in [0.15, 0.2) is 6.10 Å². The predicted octanol–water partition coefficient (Wildman–Crippen LogP) is 1.92. The number of hydrogen-bond donors (Lipinski definition) is 2. The topological polar surface area (TPSA) is 181 Å². The van der Waals surface area contributed by atoms with E-state index < -0.39 is 52.6 Å². The van der Waals surface area contributed by atoms with Crippen LogP contribution in [0.25, 0.3) is 0 Å². The normalized spacial score (nSPS) is 13.1. The lowest BCUT2D eigenvalue weighted by atomic mass is 9.88. The Morgan fingerprint density at radius 1 is 1.08 bits per heavy atom. The molecular formula is C24H35NO12S. The molecule has 1 amide bonds. The molecule has 0 aliphatic carbocycles. The summed E-state index contributed by atoms with van der Waals surface area (Å²) in [6.07, 6.45) is -4.46. The van der Waals surface area contributed by atoms with Crippen molar-refractivity contribution in [2.45, 2.75) is 59.9 Å². The highest BCUT2D eigenvalue weighted by molar-refractivity contribution is 7.86. The third-order valence-corrected chi connectivity index (χ3v) is 6.17. The van der Waals surface area contributed by atoms with Crippen molar-refractivity contribution >= 4 is 34.1 Å². The summed E-state index contributed by atoms with van der Waals surface area (Å²) in [5, 5.41) is 12.9. The number of para-hydroxylation sites is 1. The van der Waals surface area contributed by atoms with Crippen molar-refractivity contribution in [2.75, 3.05) is 25.5 Å². The number of hydrogen-bond acceptors (Lipinski definition) is 12. The number of aliphatic hydroxyl groups excluding tert-OH is 1. The number of ether oxygens (including phenoxy) is 4. The lowest BCUT2D eigenvalue weighted by molar-refractivity contribution is -0.186. The molecule has 38 heavy (non-hydrogen) atoms. The van der Waals surface area contributed by atoms with Crippen LogP contribution in [-0.2, 0) is 38.1 Å². The molecule has 0 fully saturated rings. The quantitative estimate of drug-likeness (QED) is 0.105. The van der Waals surface area contributed by atoms with E-state index >= 15 is 0 Å². The Balaban J connectivity index is 2.69. The second-order valence-electron chi connectivity index (χ2n) is 8.71. The molecule has 2 N–H and O–H groups in total. The second kappa shape index (κ2) is 15.2. The van der Waals surface area contributed by atoms with E-state index in [1.807, 2.05) is 0 Å². The third-order valence-electron chi connectivity index (χ3n) is 4.90. The molecule has 0 saturated heterocycles. The number of carbonyl (C=O) groups is 4. The maximum atomic E-state index is 12.5. The largest absolute Gasteiger partial charge is 0.516 e. The number of esters is 2. The lowest BCUT2D eigenvalue weighted by Gasteiger charge is -2.29. The van der Waals surface area contributed by atoms with Crippen LogP contribution in [-0.4, -0.2) is 75.4 Å². The molecule has 0 aliphatic heterocycles. The van der Waals surface area contributed by atoms with Crippen LogP contribution >= 0.6 is 0 Å². The maximum Gasteiger partial charge on any atom is 0.516 e.